The van der Waals surface area contributed by atoms with E-state index in [0.29, 0.717) is 23.5 Å². The largest absolute Gasteiger partial charge is 0.299 e. The van der Waals surface area contributed by atoms with Crippen molar-refractivity contribution in [2.45, 2.75) is 26.7 Å². The van der Waals surface area contributed by atoms with E-state index in [9.17, 15) is 4.79 Å². The van der Waals surface area contributed by atoms with E-state index in [-0.39, 0.29) is 0 Å². The number of ketones is 1. The van der Waals surface area contributed by atoms with Gasteiger partial charge in [-0.3, -0.25) is 4.79 Å². The quantitative estimate of drug-likeness (QED) is 0.484. The number of carbonyl (C=O) groups excluding carboxylic acids is 1. The van der Waals surface area contributed by atoms with Crippen molar-refractivity contribution in [3.05, 3.63) is 11.6 Å². The van der Waals surface area contributed by atoms with Crippen LogP contribution in [0.15, 0.2) is 11.6 Å². The maximum Gasteiger partial charge on any atom is 0.136 e. The number of carbonyl (C=O) groups is 1. The third kappa shape index (κ3) is 0.943. The van der Waals surface area contributed by atoms with Gasteiger partial charge in [-0.25, -0.2) is 0 Å². The molecule has 0 amide bonds. The lowest BCUT2D eigenvalue weighted by molar-refractivity contribution is -0.125. The number of Topliss-reactive ketones (excluding diaryl/α,β-unsaturated/α-hetero) is 1. The van der Waals surface area contributed by atoms with Crippen molar-refractivity contribution < 1.29 is 4.79 Å². The number of hydrogen-bond donors (Lipinski definition) is 0. The molecule has 0 radical (unpaired) electrons. The Morgan fingerprint density at radius 3 is 3.00 bits per heavy atom. The molecule has 1 saturated carbocycles. The first kappa shape index (κ1) is 7.08. The smallest absolute Gasteiger partial charge is 0.136 e. The molecule has 0 heterocycles. The van der Waals surface area contributed by atoms with Crippen LogP contribution in [0.5, 0.6) is 0 Å². The predicted molar refractivity (Wildman–Crippen MR) is 44.1 cm³/mol. The highest BCUT2D eigenvalue weighted by Gasteiger charge is 2.37. The number of fused-ring (bicyclic) bond motifs is 2. The van der Waals surface area contributed by atoms with Gasteiger partial charge in [0.05, 0.1) is 0 Å². The van der Waals surface area contributed by atoms with E-state index in [1.807, 2.05) is 0 Å². The monoisotopic (exact) mass is 150 g/mol. The molecule has 2 rings (SSSR count). The Bertz CT molecular complexity index is 227. The van der Waals surface area contributed by atoms with Crippen LogP contribution in [-0.2, 0) is 4.79 Å². The third-order valence-corrected chi connectivity index (χ3v) is 3.21. The third-order valence-electron chi connectivity index (χ3n) is 3.21. The Hall–Kier alpha value is -0.590. The molecule has 60 valence electrons. The van der Waals surface area contributed by atoms with E-state index in [4.69, 9.17) is 0 Å². The van der Waals surface area contributed by atoms with Crippen molar-refractivity contribution >= 4 is 5.78 Å². The Balaban J connectivity index is 2.28. The van der Waals surface area contributed by atoms with Crippen molar-refractivity contribution in [3.63, 3.8) is 0 Å². The molecule has 3 unspecified atom stereocenters. The minimum Gasteiger partial charge on any atom is -0.299 e. The van der Waals surface area contributed by atoms with Gasteiger partial charge in [0, 0.05) is 12.3 Å². The average molecular weight is 150 g/mol. The van der Waals surface area contributed by atoms with E-state index in [0.717, 1.165) is 6.42 Å². The first-order valence-electron chi connectivity index (χ1n) is 4.39. The second-order valence-corrected chi connectivity index (χ2v) is 3.97. The Labute approximate surface area is 67.5 Å². The maximum atomic E-state index is 11.4. The van der Waals surface area contributed by atoms with Crippen molar-refractivity contribution in [3.8, 4) is 0 Å². The summed E-state index contributed by atoms with van der Waals surface area (Å²) in [5, 5.41) is 0. The molecule has 0 aliphatic heterocycles. The van der Waals surface area contributed by atoms with E-state index < -0.39 is 0 Å². The number of hydrogen-bond acceptors (Lipinski definition) is 1. The normalized spacial score (nSPS) is 42.5. The van der Waals surface area contributed by atoms with E-state index >= 15 is 0 Å². The molecule has 1 heteroatoms. The first-order valence-corrected chi connectivity index (χ1v) is 4.39. The Morgan fingerprint density at radius 1 is 1.55 bits per heavy atom. The summed E-state index contributed by atoms with van der Waals surface area (Å²) in [6.07, 6.45) is 4.33. The van der Waals surface area contributed by atoms with Gasteiger partial charge in [0.1, 0.15) is 5.78 Å². The molecule has 1 fully saturated rings. The molecule has 3 atom stereocenters. The minimum atomic E-state index is 0.296. The van der Waals surface area contributed by atoms with Gasteiger partial charge in [-0.05, 0) is 25.2 Å². The summed E-state index contributed by atoms with van der Waals surface area (Å²) in [7, 11) is 0. The number of allylic oxidation sites excluding steroid dienone is 2. The Morgan fingerprint density at radius 2 is 2.27 bits per heavy atom. The van der Waals surface area contributed by atoms with Gasteiger partial charge in [-0.1, -0.05) is 18.6 Å². The zero-order valence-corrected chi connectivity index (χ0v) is 7.13. The van der Waals surface area contributed by atoms with E-state index in [1.165, 1.54) is 12.0 Å². The fraction of sp³-hybridized carbons (Fsp3) is 0.700. The molecule has 11 heavy (non-hydrogen) atoms. The lowest BCUT2D eigenvalue weighted by Gasteiger charge is -2.25. The minimum absolute atomic E-state index is 0.296. The van der Waals surface area contributed by atoms with Crippen LogP contribution >= 0.6 is 0 Å². The summed E-state index contributed by atoms with van der Waals surface area (Å²) >= 11 is 0. The van der Waals surface area contributed by atoms with Gasteiger partial charge in [0.2, 0.25) is 0 Å². The lowest BCUT2D eigenvalue weighted by atomic mass is 9.77. The summed E-state index contributed by atoms with van der Waals surface area (Å²) in [5.74, 6) is 1.94. The van der Waals surface area contributed by atoms with Crippen molar-refractivity contribution in [1.82, 2.24) is 0 Å². The second kappa shape index (κ2) is 2.20. The zero-order valence-electron chi connectivity index (χ0n) is 7.13. The summed E-state index contributed by atoms with van der Waals surface area (Å²) in [6.45, 7) is 4.24. The van der Waals surface area contributed by atoms with Gasteiger partial charge >= 0.3 is 0 Å². The average Bonchev–Trinajstić information content (AvgIpc) is 2.24. The van der Waals surface area contributed by atoms with E-state index in [2.05, 4.69) is 19.9 Å². The highest BCUT2D eigenvalue weighted by Crippen LogP contribution is 2.42. The van der Waals surface area contributed by atoms with Gasteiger partial charge < -0.3 is 0 Å². The molecule has 0 saturated heterocycles. The molecular weight excluding hydrogens is 136 g/mol. The summed E-state index contributed by atoms with van der Waals surface area (Å²) in [4.78, 5) is 11.4. The lowest BCUT2D eigenvalue weighted by Crippen LogP contribution is -2.26. The van der Waals surface area contributed by atoms with Gasteiger partial charge in [0.15, 0.2) is 0 Å². The van der Waals surface area contributed by atoms with Crippen LogP contribution in [0.2, 0.25) is 0 Å². The molecule has 0 aromatic carbocycles. The molecule has 2 aliphatic rings. The molecule has 1 nitrogen and oxygen atoms in total. The zero-order chi connectivity index (χ0) is 8.01. The summed E-state index contributed by atoms with van der Waals surface area (Å²) < 4.78 is 0. The van der Waals surface area contributed by atoms with Crippen LogP contribution < -0.4 is 0 Å². The van der Waals surface area contributed by atoms with Gasteiger partial charge in [-0.2, -0.15) is 0 Å². The standard InChI is InChI=1S/C10H14O/c1-6-3-8-4-9(6)7(2)10(11)5-8/h3,7-9H,4-5H2,1-2H3. The summed E-state index contributed by atoms with van der Waals surface area (Å²) in [6, 6.07) is 0. The molecule has 2 aliphatic carbocycles. The fourth-order valence-electron chi connectivity index (χ4n) is 2.48. The second-order valence-electron chi connectivity index (χ2n) is 3.97. The molecule has 0 aromatic heterocycles. The molecule has 0 aromatic rings. The van der Waals surface area contributed by atoms with Gasteiger partial charge in [-0.15, -0.1) is 0 Å². The molecule has 2 bridgehead atoms. The summed E-state index contributed by atoms with van der Waals surface area (Å²) in [5.41, 5.74) is 1.45. The van der Waals surface area contributed by atoms with E-state index in [1.54, 1.807) is 0 Å². The SMILES string of the molecule is CC1=CC2CC(=O)C(C)C1C2. The highest BCUT2D eigenvalue weighted by molar-refractivity contribution is 5.83. The van der Waals surface area contributed by atoms with Gasteiger partial charge in [0.25, 0.3) is 0 Å². The van der Waals surface area contributed by atoms with Crippen molar-refractivity contribution in [2.24, 2.45) is 17.8 Å². The molecule has 0 spiro atoms. The maximum absolute atomic E-state index is 11.4. The van der Waals surface area contributed by atoms with Crippen molar-refractivity contribution in [2.75, 3.05) is 0 Å². The Kier molecular flexibility index (Phi) is 1.41. The highest BCUT2D eigenvalue weighted by atomic mass is 16.1. The molecule has 0 N–H and O–H groups in total. The fourth-order valence-corrected chi connectivity index (χ4v) is 2.48. The van der Waals surface area contributed by atoms with Crippen LogP contribution in [0.1, 0.15) is 26.7 Å². The topological polar surface area (TPSA) is 17.1 Å². The molecular formula is C10H14O. The van der Waals surface area contributed by atoms with Crippen molar-refractivity contribution in [1.29, 1.82) is 0 Å². The van der Waals surface area contributed by atoms with Crippen LogP contribution in [0.4, 0.5) is 0 Å². The predicted octanol–water partition coefficient (Wildman–Crippen LogP) is 2.18. The van der Waals surface area contributed by atoms with Crippen LogP contribution in [0.3, 0.4) is 0 Å². The number of rotatable bonds is 0. The van der Waals surface area contributed by atoms with Crippen LogP contribution in [-0.4, -0.2) is 5.78 Å². The first-order chi connectivity index (χ1) is 5.18. The van der Waals surface area contributed by atoms with Crippen LogP contribution in [0.25, 0.3) is 0 Å². The van der Waals surface area contributed by atoms with Crippen LogP contribution in [0, 0.1) is 17.8 Å².